The second kappa shape index (κ2) is 3.46. The topological polar surface area (TPSA) is 25.8 Å². The number of aromatic nitrogens is 2. The van der Waals surface area contributed by atoms with E-state index >= 15 is 0 Å². The predicted molar refractivity (Wildman–Crippen MR) is 58.6 cm³/mol. The lowest BCUT2D eigenvalue weighted by molar-refractivity contribution is 0.785. The normalized spacial score (nSPS) is 18.8. The molecule has 0 saturated heterocycles. The van der Waals surface area contributed by atoms with Crippen molar-refractivity contribution in [3.8, 4) is 0 Å². The number of benzene rings is 1. The molecule has 0 bridgehead atoms. The van der Waals surface area contributed by atoms with Gasteiger partial charge in [0.05, 0.1) is 0 Å². The van der Waals surface area contributed by atoms with Gasteiger partial charge in [-0.05, 0) is 24.0 Å². The Morgan fingerprint density at radius 3 is 2.87 bits per heavy atom. The van der Waals surface area contributed by atoms with E-state index in [0.717, 1.165) is 12.8 Å². The first-order valence-corrected chi connectivity index (χ1v) is 5.29. The Bertz CT molecular complexity index is 465. The molecule has 0 amide bonds. The largest absolute Gasteiger partial charge is 0.244 e. The molecule has 0 aliphatic heterocycles. The lowest BCUT2D eigenvalue weighted by Crippen LogP contribution is -1.96. The molecule has 0 N–H and O–H groups in total. The maximum absolute atomic E-state index is 4.32. The van der Waals surface area contributed by atoms with Crippen LogP contribution in [0.25, 0.3) is 0 Å². The number of fused-ring (bicyclic) bond motifs is 1. The molecule has 0 saturated carbocycles. The molecule has 1 aromatic carbocycles. The number of nitrogens with zero attached hydrogens (tertiary/aromatic N) is 2. The summed E-state index contributed by atoms with van der Waals surface area (Å²) >= 11 is 0. The van der Waals surface area contributed by atoms with Gasteiger partial charge in [0, 0.05) is 17.8 Å². The van der Waals surface area contributed by atoms with Crippen molar-refractivity contribution in [3.63, 3.8) is 0 Å². The summed E-state index contributed by atoms with van der Waals surface area (Å²) in [6, 6.07) is 10.6. The molecule has 1 aliphatic carbocycles. The smallest absolute Gasteiger partial charge is 0.115 e. The van der Waals surface area contributed by atoms with E-state index in [1.54, 1.807) is 6.33 Å². The third-order valence-corrected chi connectivity index (χ3v) is 3.07. The van der Waals surface area contributed by atoms with Crippen LogP contribution in [0.2, 0.25) is 0 Å². The molecular formula is C13H12N2. The molecule has 0 fully saturated rings. The van der Waals surface area contributed by atoms with E-state index in [1.165, 1.54) is 16.8 Å². The molecule has 2 aromatic rings. The van der Waals surface area contributed by atoms with Crippen LogP contribution in [0.3, 0.4) is 0 Å². The van der Waals surface area contributed by atoms with E-state index in [4.69, 9.17) is 0 Å². The van der Waals surface area contributed by atoms with Crippen LogP contribution in [0.15, 0.2) is 42.9 Å². The molecule has 3 rings (SSSR count). The van der Waals surface area contributed by atoms with Gasteiger partial charge in [-0.15, -0.1) is 0 Å². The summed E-state index contributed by atoms with van der Waals surface area (Å²) in [4.78, 5) is 8.44. The zero-order chi connectivity index (χ0) is 10.1. The van der Waals surface area contributed by atoms with E-state index in [1.807, 2.05) is 6.20 Å². The summed E-state index contributed by atoms with van der Waals surface area (Å²) in [6.07, 6.45) is 5.86. The highest BCUT2D eigenvalue weighted by molar-refractivity contribution is 5.37. The molecule has 0 spiro atoms. The fourth-order valence-electron chi connectivity index (χ4n) is 2.33. The third-order valence-electron chi connectivity index (χ3n) is 3.07. The van der Waals surface area contributed by atoms with Crippen molar-refractivity contribution in [2.45, 2.75) is 18.8 Å². The monoisotopic (exact) mass is 196 g/mol. The minimum Gasteiger partial charge on any atom is -0.244 e. The maximum Gasteiger partial charge on any atom is 0.115 e. The number of hydrogen-bond acceptors (Lipinski definition) is 2. The van der Waals surface area contributed by atoms with Gasteiger partial charge < -0.3 is 0 Å². The summed E-state index contributed by atoms with van der Waals surface area (Å²) in [5, 5.41) is 0. The molecule has 1 atom stereocenters. The standard InChI is InChI=1S/C13H12N2/c1-2-4-10(5-3-1)11-6-7-13-12(11)8-14-9-15-13/h1-5,8-9,11H,6-7H2. The Morgan fingerprint density at radius 2 is 2.00 bits per heavy atom. The molecule has 1 unspecified atom stereocenters. The van der Waals surface area contributed by atoms with Crippen molar-refractivity contribution in [3.05, 3.63) is 59.7 Å². The Hall–Kier alpha value is -1.70. The minimum absolute atomic E-state index is 0.502. The second-order valence-corrected chi connectivity index (χ2v) is 3.93. The van der Waals surface area contributed by atoms with E-state index in [0.29, 0.717) is 5.92 Å². The van der Waals surface area contributed by atoms with Gasteiger partial charge in [0.25, 0.3) is 0 Å². The van der Waals surface area contributed by atoms with E-state index in [-0.39, 0.29) is 0 Å². The Kier molecular flexibility index (Phi) is 1.98. The van der Waals surface area contributed by atoms with Crippen molar-refractivity contribution in [2.24, 2.45) is 0 Å². The molecule has 74 valence electrons. The van der Waals surface area contributed by atoms with E-state index < -0.39 is 0 Å². The average molecular weight is 196 g/mol. The van der Waals surface area contributed by atoms with Crippen LogP contribution in [0.5, 0.6) is 0 Å². The molecule has 0 radical (unpaired) electrons. The Morgan fingerprint density at radius 1 is 1.13 bits per heavy atom. The zero-order valence-electron chi connectivity index (χ0n) is 8.43. The summed E-state index contributed by atoms with van der Waals surface area (Å²) in [5.74, 6) is 0.502. The third kappa shape index (κ3) is 1.42. The van der Waals surface area contributed by atoms with Gasteiger partial charge in [-0.2, -0.15) is 0 Å². The minimum atomic E-state index is 0.502. The molecule has 1 heterocycles. The van der Waals surface area contributed by atoms with E-state index in [2.05, 4.69) is 40.3 Å². The van der Waals surface area contributed by atoms with Crippen LogP contribution in [-0.4, -0.2) is 9.97 Å². The second-order valence-electron chi connectivity index (χ2n) is 3.93. The number of aryl methyl sites for hydroxylation is 1. The van der Waals surface area contributed by atoms with Crippen LogP contribution < -0.4 is 0 Å². The Balaban J connectivity index is 2.05. The van der Waals surface area contributed by atoms with Crippen LogP contribution >= 0.6 is 0 Å². The highest BCUT2D eigenvalue weighted by Crippen LogP contribution is 2.36. The summed E-state index contributed by atoms with van der Waals surface area (Å²) in [5.41, 5.74) is 3.91. The van der Waals surface area contributed by atoms with Crippen molar-refractivity contribution < 1.29 is 0 Å². The first-order chi connectivity index (χ1) is 7.45. The van der Waals surface area contributed by atoms with E-state index in [9.17, 15) is 0 Å². The summed E-state index contributed by atoms with van der Waals surface area (Å²) in [7, 11) is 0. The Labute approximate surface area is 89.0 Å². The van der Waals surface area contributed by atoms with Crippen LogP contribution in [0.1, 0.15) is 29.2 Å². The lowest BCUT2D eigenvalue weighted by atomic mass is 9.95. The van der Waals surface area contributed by atoms with Crippen molar-refractivity contribution >= 4 is 0 Å². The van der Waals surface area contributed by atoms with Gasteiger partial charge in [-0.25, -0.2) is 9.97 Å². The van der Waals surface area contributed by atoms with Gasteiger partial charge in [0.1, 0.15) is 6.33 Å². The van der Waals surface area contributed by atoms with Gasteiger partial charge in [-0.1, -0.05) is 30.3 Å². The zero-order valence-corrected chi connectivity index (χ0v) is 8.43. The highest BCUT2D eigenvalue weighted by Gasteiger charge is 2.24. The fraction of sp³-hybridized carbons (Fsp3) is 0.231. The van der Waals surface area contributed by atoms with Gasteiger partial charge in [-0.3, -0.25) is 0 Å². The van der Waals surface area contributed by atoms with Crippen LogP contribution in [0, 0.1) is 0 Å². The first-order valence-electron chi connectivity index (χ1n) is 5.29. The van der Waals surface area contributed by atoms with Crippen molar-refractivity contribution in [2.75, 3.05) is 0 Å². The fourth-order valence-corrected chi connectivity index (χ4v) is 2.33. The molecule has 2 nitrogen and oxygen atoms in total. The highest BCUT2D eigenvalue weighted by atomic mass is 14.8. The van der Waals surface area contributed by atoms with Gasteiger partial charge >= 0.3 is 0 Å². The van der Waals surface area contributed by atoms with Crippen molar-refractivity contribution in [1.29, 1.82) is 0 Å². The predicted octanol–water partition coefficient (Wildman–Crippen LogP) is 2.55. The lowest BCUT2D eigenvalue weighted by Gasteiger charge is -2.10. The van der Waals surface area contributed by atoms with Crippen molar-refractivity contribution in [1.82, 2.24) is 9.97 Å². The molecule has 2 heteroatoms. The van der Waals surface area contributed by atoms with Gasteiger partial charge in [0.15, 0.2) is 0 Å². The average Bonchev–Trinajstić information content (AvgIpc) is 2.74. The molecule has 1 aromatic heterocycles. The van der Waals surface area contributed by atoms with Crippen LogP contribution in [0.4, 0.5) is 0 Å². The quantitative estimate of drug-likeness (QED) is 0.700. The summed E-state index contributed by atoms with van der Waals surface area (Å²) < 4.78 is 0. The SMILES string of the molecule is c1ccc(C2CCc3ncncc32)cc1. The van der Waals surface area contributed by atoms with Crippen LogP contribution in [-0.2, 0) is 6.42 Å². The number of hydrogen-bond donors (Lipinski definition) is 0. The molecular weight excluding hydrogens is 184 g/mol. The first kappa shape index (κ1) is 8.60. The summed E-state index contributed by atoms with van der Waals surface area (Å²) in [6.45, 7) is 0. The maximum atomic E-state index is 4.32. The molecule has 15 heavy (non-hydrogen) atoms. The molecule has 1 aliphatic rings. The van der Waals surface area contributed by atoms with Gasteiger partial charge in [0.2, 0.25) is 0 Å². The number of rotatable bonds is 1.